The third kappa shape index (κ3) is 2.57. The van der Waals surface area contributed by atoms with Crippen molar-refractivity contribution in [3.05, 3.63) is 47.8 Å². The molecular weight excluding hydrogens is 226 g/mol. The number of imidazole rings is 1. The van der Waals surface area contributed by atoms with Gasteiger partial charge in [-0.15, -0.1) is 0 Å². The average Bonchev–Trinajstić information content (AvgIpc) is 2.84. The normalized spacial score (nSPS) is 12.6. The van der Waals surface area contributed by atoms with E-state index in [-0.39, 0.29) is 6.04 Å². The molecule has 2 rings (SSSR count). The summed E-state index contributed by atoms with van der Waals surface area (Å²) in [5, 5.41) is 0. The predicted molar refractivity (Wildman–Crippen MR) is 70.6 cm³/mol. The molecule has 2 aromatic heterocycles. The van der Waals surface area contributed by atoms with Crippen LogP contribution in [0.25, 0.3) is 0 Å². The lowest BCUT2D eigenvalue weighted by atomic mass is 10.1. The molecule has 0 aliphatic carbocycles. The van der Waals surface area contributed by atoms with E-state index < -0.39 is 0 Å². The highest BCUT2D eigenvalue weighted by Crippen LogP contribution is 2.18. The van der Waals surface area contributed by atoms with E-state index in [1.165, 1.54) is 0 Å². The van der Waals surface area contributed by atoms with Crippen molar-refractivity contribution in [2.75, 3.05) is 0 Å². The molecule has 5 heteroatoms. The van der Waals surface area contributed by atoms with Crippen LogP contribution < -0.4 is 11.3 Å². The Morgan fingerprint density at radius 1 is 1.39 bits per heavy atom. The summed E-state index contributed by atoms with van der Waals surface area (Å²) in [4.78, 5) is 8.78. The molecule has 0 aromatic carbocycles. The standard InChI is InChI=1S/C13H19N5/c1-3-18-8-7-15-12(18)9-11(17-14)13-10(2)5-4-6-16-13/h4-8,11,17H,3,9,14H2,1-2H3. The number of nitrogens with one attached hydrogen (secondary N) is 1. The maximum Gasteiger partial charge on any atom is 0.110 e. The van der Waals surface area contributed by atoms with Crippen molar-refractivity contribution in [3.8, 4) is 0 Å². The lowest BCUT2D eigenvalue weighted by molar-refractivity contribution is 0.509. The second-order valence-electron chi connectivity index (χ2n) is 4.26. The molecule has 1 atom stereocenters. The minimum Gasteiger partial charge on any atom is -0.335 e. The molecule has 3 N–H and O–H groups in total. The van der Waals surface area contributed by atoms with E-state index in [1.807, 2.05) is 31.5 Å². The van der Waals surface area contributed by atoms with Crippen LogP contribution in [0.2, 0.25) is 0 Å². The Hall–Kier alpha value is -1.72. The van der Waals surface area contributed by atoms with Gasteiger partial charge in [0.15, 0.2) is 0 Å². The lowest BCUT2D eigenvalue weighted by Crippen LogP contribution is -2.31. The Balaban J connectivity index is 2.23. The Labute approximate surface area is 107 Å². The SMILES string of the molecule is CCn1ccnc1CC(NN)c1ncccc1C. The van der Waals surface area contributed by atoms with Gasteiger partial charge in [-0.3, -0.25) is 16.3 Å². The molecule has 18 heavy (non-hydrogen) atoms. The molecule has 0 aliphatic rings. The third-order valence-corrected chi connectivity index (χ3v) is 3.11. The molecule has 96 valence electrons. The largest absolute Gasteiger partial charge is 0.335 e. The summed E-state index contributed by atoms with van der Waals surface area (Å²) >= 11 is 0. The second-order valence-corrected chi connectivity index (χ2v) is 4.26. The van der Waals surface area contributed by atoms with Crippen LogP contribution in [-0.2, 0) is 13.0 Å². The Bertz CT molecular complexity index is 506. The molecule has 0 aliphatic heterocycles. The number of rotatable bonds is 5. The monoisotopic (exact) mass is 245 g/mol. The summed E-state index contributed by atoms with van der Waals surface area (Å²) < 4.78 is 2.11. The van der Waals surface area contributed by atoms with Crippen molar-refractivity contribution >= 4 is 0 Å². The van der Waals surface area contributed by atoms with Crippen molar-refractivity contribution < 1.29 is 0 Å². The highest BCUT2D eigenvalue weighted by molar-refractivity contribution is 5.22. The van der Waals surface area contributed by atoms with E-state index in [0.29, 0.717) is 0 Å². The van der Waals surface area contributed by atoms with E-state index in [1.54, 1.807) is 6.20 Å². The van der Waals surface area contributed by atoms with Crippen molar-refractivity contribution in [2.24, 2.45) is 5.84 Å². The minimum atomic E-state index is -0.0149. The van der Waals surface area contributed by atoms with Crippen LogP contribution in [0.1, 0.15) is 30.0 Å². The highest BCUT2D eigenvalue weighted by atomic mass is 15.2. The van der Waals surface area contributed by atoms with Crippen LogP contribution in [0.4, 0.5) is 0 Å². The predicted octanol–water partition coefficient (Wildman–Crippen LogP) is 1.35. The number of nitrogens with zero attached hydrogens (tertiary/aromatic N) is 3. The summed E-state index contributed by atoms with van der Waals surface area (Å²) in [5.41, 5.74) is 4.94. The van der Waals surface area contributed by atoms with E-state index in [0.717, 1.165) is 30.0 Å². The number of hydrazine groups is 1. The quantitative estimate of drug-likeness (QED) is 0.616. The van der Waals surface area contributed by atoms with Crippen LogP contribution >= 0.6 is 0 Å². The average molecular weight is 245 g/mol. The fraction of sp³-hybridized carbons (Fsp3) is 0.385. The van der Waals surface area contributed by atoms with Crippen LogP contribution in [0, 0.1) is 6.92 Å². The molecule has 0 saturated heterocycles. The molecule has 1 unspecified atom stereocenters. The van der Waals surface area contributed by atoms with E-state index in [2.05, 4.69) is 26.9 Å². The zero-order chi connectivity index (χ0) is 13.0. The van der Waals surface area contributed by atoms with Gasteiger partial charge in [0.2, 0.25) is 0 Å². The number of nitrogens with two attached hydrogens (primary N) is 1. The summed E-state index contributed by atoms with van der Waals surface area (Å²) in [6.07, 6.45) is 6.32. The summed E-state index contributed by atoms with van der Waals surface area (Å²) in [7, 11) is 0. The van der Waals surface area contributed by atoms with Crippen molar-refractivity contribution in [3.63, 3.8) is 0 Å². The van der Waals surface area contributed by atoms with Crippen molar-refractivity contribution in [1.82, 2.24) is 20.0 Å². The van der Waals surface area contributed by atoms with Gasteiger partial charge in [-0.25, -0.2) is 4.98 Å². The molecule has 0 amide bonds. The first-order chi connectivity index (χ1) is 8.76. The smallest absolute Gasteiger partial charge is 0.110 e. The fourth-order valence-corrected chi connectivity index (χ4v) is 2.10. The number of hydrogen-bond donors (Lipinski definition) is 2. The minimum absolute atomic E-state index is 0.0149. The maximum absolute atomic E-state index is 5.65. The lowest BCUT2D eigenvalue weighted by Gasteiger charge is -2.17. The zero-order valence-electron chi connectivity index (χ0n) is 10.8. The number of aromatic nitrogens is 3. The maximum atomic E-state index is 5.65. The number of hydrogen-bond acceptors (Lipinski definition) is 4. The van der Waals surface area contributed by atoms with E-state index in [4.69, 9.17) is 5.84 Å². The van der Waals surface area contributed by atoms with Gasteiger partial charge in [0, 0.05) is 31.6 Å². The van der Waals surface area contributed by atoms with Gasteiger partial charge in [0.05, 0.1) is 11.7 Å². The molecule has 0 fully saturated rings. The molecule has 0 spiro atoms. The Morgan fingerprint density at radius 3 is 2.89 bits per heavy atom. The van der Waals surface area contributed by atoms with Gasteiger partial charge in [-0.1, -0.05) is 6.07 Å². The summed E-state index contributed by atoms with van der Waals surface area (Å²) in [5.74, 6) is 6.67. The highest BCUT2D eigenvalue weighted by Gasteiger charge is 2.16. The Kier molecular flexibility index (Phi) is 4.07. The Morgan fingerprint density at radius 2 is 2.22 bits per heavy atom. The van der Waals surface area contributed by atoms with Crippen LogP contribution in [0.3, 0.4) is 0 Å². The van der Waals surface area contributed by atoms with Crippen molar-refractivity contribution in [2.45, 2.75) is 32.9 Å². The van der Waals surface area contributed by atoms with Gasteiger partial charge in [-0.2, -0.15) is 0 Å². The van der Waals surface area contributed by atoms with Gasteiger partial charge < -0.3 is 4.57 Å². The summed E-state index contributed by atoms with van der Waals surface area (Å²) in [6.45, 7) is 5.05. The molecule has 0 bridgehead atoms. The summed E-state index contributed by atoms with van der Waals surface area (Å²) in [6, 6.07) is 3.96. The van der Waals surface area contributed by atoms with Crippen LogP contribution in [-0.4, -0.2) is 14.5 Å². The molecule has 5 nitrogen and oxygen atoms in total. The van der Waals surface area contributed by atoms with E-state index >= 15 is 0 Å². The molecule has 0 saturated carbocycles. The number of aryl methyl sites for hydroxylation is 2. The van der Waals surface area contributed by atoms with Crippen LogP contribution in [0.5, 0.6) is 0 Å². The second kappa shape index (κ2) is 5.75. The van der Waals surface area contributed by atoms with Gasteiger partial charge in [0.1, 0.15) is 5.82 Å². The number of pyridine rings is 1. The van der Waals surface area contributed by atoms with E-state index in [9.17, 15) is 0 Å². The van der Waals surface area contributed by atoms with Crippen LogP contribution in [0.15, 0.2) is 30.7 Å². The van der Waals surface area contributed by atoms with Gasteiger partial charge in [-0.05, 0) is 25.5 Å². The topological polar surface area (TPSA) is 68.8 Å². The zero-order valence-corrected chi connectivity index (χ0v) is 10.8. The molecular formula is C13H19N5. The first-order valence-electron chi connectivity index (χ1n) is 6.14. The molecule has 2 aromatic rings. The first-order valence-corrected chi connectivity index (χ1v) is 6.14. The van der Waals surface area contributed by atoms with Crippen molar-refractivity contribution in [1.29, 1.82) is 0 Å². The fourth-order valence-electron chi connectivity index (χ4n) is 2.10. The molecule has 2 heterocycles. The first kappa shape index (κ1) is 12.7. The third-order valence-electron chi connectivity index (χ3n) is 3.11. The molecule has 0 radical (unpaired) electrons. The van der Waals surface area contributed by atoms with Gasteiger partial charge in [0.25, 0.3) is 0 Å². The van der Waals surface area contributed by atoms with Gasteiger partial charge >= 0.3 is 0 Å².